The molecular weight excluding hydrogens is 256 g/mol. The smallest absolute Gasteiger partial charge is 0.261 e. The quantitative estimate of drug-likeness (QED) is 0.862. The highest BCUT2D eigenvalue weighted by molar-refractivity contribution is 6.02. The molecular formula is C15H20N2O3. The number of rotatable bonds is 2. The Hall–Kier alpha value is -1.91. The highest BCUT2D eigenvalue weighted by Gasteiger charge is 2.32. The number of carbonyl (C=O) groups excluding carboxylic acids is 2. The molecule has 108 valence electrons. The molecule has 2 rings (SSSR count). The fraction of sp³-hybridized carbons (Fsp3) is 0.533. The molecule has 5 heteroatoms. The first kappa shape index (κ1) is 14.5. The van der Waals surface area contributed by atoms with Crippen molar-refractivity contribution < 1.29 is 9.59 Å². The number of aromatic nitrogens is 1. The van der Waals surface area contributed by atoms with Gasteiger partial charge in [-0.05, 0) is 31.7 Å². The summed E-state index contributed by atoms with van der Waals surface area (Å²) in [5, 5.41) is 2.67. The van der Waals surface area contributed by atoms with E-state index in [0.717, 1.165) is 0 Å². The third-order valence-electron chi connectivity index (χ3n) is 3.38. The van der Waals surface area contributed by atoms with Crippen LogP contribution in [0.5, 0.6) is 0 Å². The minimum atomic E-state index is -0.443. The molecule has 2 N–H and O–H groups in total. The Labute approximate surface area is 117 Å². The molecule has 1 heterocycles. The van der Waals surface area contributed by atoms with E-state index in [1.54, 1.807) is 0 Å². The Morgan fingerprint density at radius 2 is 1.95 bits per heavy atom. The number of amides is 1. The number of Topliss-reactive ketones (excluding diaryl/α,β-unsaturated/α-hetero) is 1. The van der Waals surface area contributed by atoms with E-state index in [9.17, 15) is 14.4 Å². The zero-order valence-electron chi connectivity index (χ0n) is 12.3. The second-order valence-electron chi connectivity index (χ2n) is 6.47. The fourth-order valence-corrected chi connectivity index (χ4v) is 2.54. The summed E-state index contributed by atoms with van der Waals surface area (Å²) in [6.45, 7) is 7.62. The number of ketones is 1. The van der Waals surface area contributed by atoms with Gasteiger partial charge in [-0.2, -0.15) is 0 Å². The first-order valence-electron chi connectivity index (χ1n) is 6.80. The predicted molar refractivity (Wildman–Crippen MR) is 76.1 cm³/mol. The van der Waals surface area contributed by atoms with Gasteiger partial charge in [0, 0.05) is 23.7 Å². The van der Waals surface area contributed by atoms with Crippen LogP contribution in [0.3, 0.4) is 0 Å². The van der Waals surface area contributed by atoms with Crippen LogP contribution < -0.4 is 10.9 Å². The van der Waals surface area contributed by atoms with Crippen LogP contribution in [-0.4, -0.2) is 22.7 Å². The fourth-order valence-electron chi connectivity index (χ4n) is 2.54. The molecule has 1 aliphatic carbocycles. The van der Waals surface area contributed by atoms with E-state index in [-0.39, 0.29) is 22.8 Å². The van der Waals surface area contributed by atoms with Gasteiger partial charge in [-0.1, -0.05) is 13.8 Å². The summed E-state index contributed by atoms with van der Waals surface area (Å²) in [5.41, 5.74) is 0.516. The second-order valence-corrected chi connectivity index (χ2v) is 6.47. The van der Waals surface area contributed by atoms with Gasteiger partial charge in [-0.25, -0.2) is 0 Å². The molecule has 0 saturated heterocycles. The summed E-state index contributed by atoms with van der Waals surface area (Å²) in [6, 6.07) is 1.37. The van der Waals surface area contributed by atoms with Crippen LogP contribution in [0, 0.1) is 5.41 Å². The van der Waals surface area contributed by atoms with Gasteiger partial charge in [0.25, 0.3) is 11.5 Å². The Kier molecular flexibility index (Phi) is 3.54. The second kappa shape index (κ2) is 4.89. The van der Waals surface area contributed by atoms with Crippen LogP contribution in [0.25, 0.3) is 0 Å². The molecule has 5 nitrogen and oxygen atoms in total. The van der Waals surface area contributed by atoms with E-state index in [1.165, 1.54) is 6.07 Å². The monoisotopic (exact) mass is 276 g/mol. The molecule has 0 aromatic carbocycles. The first-order chi connectivity index (χ1) is 9.19. The summed E-state index contributed by atoms with van der Waals surface area (Å²) in [7, 11) is 0. The Balaban J connectivity index is 2.46. The highest BCUT2D eigenvalue weighted by atomic mass is 16.2. The summed E-state index contributed by atoms with van der Waals surface area (Å²) in [5.74, 6) is -0.465. The topological polar surface area (TPSA) is 79.0 Å². The van der Waals surface area contributed by atoms with E-state index in [1.807, 2.05) is 27.7 Å². The van der Waals surface area contributed by atoms with Gasteiger partial charge in [0.2, 0.25) is 0 Å². The summed E-state index contributed by atoms with van der Waals surface area (Å²) in [4.78, 5) is 38.8. The average molecular weight is 276 g/mol. The maximum Gasteiger partial charge on any atom is 0.261 e. The summed E-state index contributed by atoms with van der Waals surface area (Å²) in [6.07, 6.45) is 1.06. The van der Waals surface area contributed by atoms with Gasteiger partial charge in [-0.3, -0.25) is 14.4 Å². The standard InChI is InChI=1S/C15H20N2O3/c1-8(2)16-13(19)10-5-9-11(17-14(10)20)6-15(3,4)7-12(9)18/h5,8H,6-7H2,1-4H3,(H,16,19)(H,17,20). The maximum absolute atomic E-state index is 12.2. The third kappa shape index (κ3) is 2.81. The summed E-state index contributed by atoms with van der Waals surface area (Å²) < 4.78 is 0. The van der Waals surface area contributed by atoms with Crippen molar-refractivity contribution in [3.05, 3.63) is 33.2 Å². The predicted octanol–water partition coefficient (Wildman–Crippen LogP) is 1.67. The zero-order valence-corrected chi connectivity index (χ0v) is 12.3. The van der Waals surface area contributed by atoms with E-state index < -0.39 is 11.5 Å². The molecule has 0 spiro atoms. The molecule has 1 aliphatic rings. The highest BCUT2D eigenvalue weighted by Crippen LogP contribution is 2.33. The van der Waals surface area contributed by atoms with Crippen LogP contribution in [0.1, 0.15) is 60.5 Å². The van der Waals surface area contributed by atoms with Gasteiger partial charge in [-0.15, -0.1) is 0 Å². The van der Waals surface area contributed by atoms with Gasteiger partial charge in [0.15, 0.2) is 5.78 Å². The van der Waals surface area contributed by atoms with Crippen LogP contribution in [0.2, 0.25) is 0 Å². The van der Waals surface area contributed by atoms with Crippen molar-refractivity contribution >= 4 is 11.7 Å². The molecule has 1 amide bonds. The lowest BCUT2D eigenvalue weighted by Crippen LogP contribution is -2.36. The normalized spacial score (nSPS) is 16.9. The molecule has 0 bridgehead atoms. The third-order valence-corrected chi connectivity index (χ3v) is 3.38. The number of hydrogen-bond acceptors (Lipinski definition) is 3. The average Bonchev–Trinajstić information content (AvgIpc) is 2.24. The molecule has 0 aliphatic heterocycles. The SMILES string of the molecule is CC(C)NC(=O)c1cc2c([nH]c1=O)CC(C)(C)CC2=O. The van der Waals surface area contributed by atoms with Gasteiger partial charge in [0.1, 0.15) is 5.56 Å². The molecule has 20 heavy (non-hydrogen) atoms. The summed E-state index contributed by atoms with van der Waals surface area (Å²) >= 11 is 0. The van der Waals surface area contributed by atoms with Crippen LogP contribution >= 0.6 is 0 Å². The molecule has 0 unspecified atom stereocenters. The Bertz CT molecular complexity index is 626. The molecule has 0 saturated carbocycles. The first-order valence-corrected chi connectivity index (χ1v) is 6.80. The molecule has 1 aromatic rings. The molecule has 0 radical (unpaired) electrons. The number of nitrogens with one attached hydrogen (secondary N) is 2. The van der Waals surface area contributed by atoms with Crippen LogP contribution in [-0.2, 0) is 6.42 Å². The van der Waals surface area contributed by atoms with Crippen molar-refractivity contribution in [3.63, 3.8) is 0 Å². The zero-order chi connectivity index (χ0) is 15.1. The number of H-pyrrole nitrogens is 1. The lowest BCUT2D eigenvalue weighted by Gasteiger charge is -2.29. The van der Waals surface area contributed by atoms with Gasteiger partial charge < -0.3 is 10.3 Å². The van der Waals surface area contributed by atoms with E-state index >= 15 is 0 Å². The Morgan fingerprint density at radius 3 is 2.55 bits per heavy atom. The van der Waals surface area contributed by atoms with Crippen molar-refractivity contribution in [1.29, 1.82) is 0 Å². The minimum Gasteiger partial charge on any atom is -0.350 e. The number of fused-ring (bicyclic) bond motifs is 1. The van der Waals surface area contributed by atoms with Crippen molar-refractivity contribution in [2.24, 2.45) is 5.41 Å². The molecule has 1 aromatic heterocycles. The maximum atomic E-state index is 12.2. The van der Waals surface area contributed by atoms with Gasteiger partial charge >= 0.3 is 0 Å². The van der Waals surface area contributed by atoms with E-state index in [0.29, 0.717) is 24.1 Å². The van der Waals surface area contributed by atoms with E-state index in [2.05, 4.69) is 10.3 Å². The van der Waals surface area contributed by atoms with E-state index in [4.69, 9.17) is 0 Å². The minimum absolute atomic E-state index is 0.00510. The molecule has 0 fully saturated rings. The lowest BCUT2D eigenvalue weighted by molar-refractivity contribution is 0.0910. The number of pyridine rings is 1. The van der Waals surface area contributed by atoms with Crippen LogP contribution in [0.4, 0.5) is 0 Å². The number of hydrogen-bond donors (Lipinski definition) is 2. The van der Waals surface area contributed by atoms with Crippen molar-refractivity contribution in [3.8, 4) is 0 Å². The van der Waals surface area contributed by atoms with Crippen molar-refractivity contribution in [2.75, 3.05) is 0 Å². The van der Waals surface area contributed by atoms with Gasteiger partial charge in [0.05, 0.1) is 0 Å². The molecule has 0 atom stereocenters. The Morgan fingerprint density at radius 1 is 1.30 bits per heavy atom. The number of aromatic amines is 1. The number of carbonyl (C=O) groups is 2. The lowest BCUT2D eigenvalue weighted by atomic mass is 9.75. The van der Waals surface area contributed by atoms with Crippen LogP contribution in [0.15, 0.2) is 10.9 Å². The largest absolute Gasteiger partial charge is 0.350 e. The van der Waals surface area contributed by atoms with Crippen molar-refractivity contribution in [1.82, 2.24) is 10.3 Å². The van der Waals surface area contributed by atoms with Crippen molar-refractivity contribution in [2.45, 2.75) is 46.6 Å².